The third kappa shape index (κ3) is 6.65. The van der Waals surface area contributed by atoms with E-state index in [4.69, 9.17) is 11.6 Å². The summed E-state index contributed by atoms with van der Waals surface area (Å²) >= 11 is 5.88. The molecule has 0 N–H and O–H groups in total. The highest BCUT2D eigenvalue weighted by Crippen LogP contribution is 2.16. The molecular weight excluding hydrogens is 294 g/mol. The minimum Gasteiger partial charge on any atom is -0.335 e. The first-order valence-electron chi connectivity index (χ1n) is 7.99. The smallest absolute Gasteiger partial charge is 0.246 e. The number of halogens is 1. The molecule has 0 aliphatic heterocycles. The van der Waals surface area contributed by atoms with Gasteiger partial charge in [0.2, 0.25) is 5.91 Å². The Morgan fingerprint density at radius 1 is 1.14 bits per heavy atom. The third-order valence-corrected chi connectivity index (χ3v) is 3.57. The lowest BCUT2D eigenvalue weighted by atomic mass is 10.0. The second-order valence-electron chi connectivity index (χ2n) is 6.55. The second-order valence-corrected chi connectivity index (χ2v) is 7.23. The number of carbonyl (C=O) groups is 1. The monoisotopic (exact) mass is 321 g/mol. The summed E-state index contributed by atoms with van der Waals surface area (Å²) < 4.78 is 0. The van der Waals surface area contributed by atoms with E-state index in [2.05, 4.69) is 52.0 Å². The molecule has 0 aliphatic rings. The van der Waals surface area contributed by atoms with Crippen LogP contribution < -0.4 is 0 Å². The van der Waals surface area contributed by atoms with Crippen LogP contribution in [-0.4, -0.2) is 22.7 Å². The fraction of sp³-hybridized carbons (Fsp3) is 0.526. The summed E-state index contributed by atoms with van der Waals surface area (Å²) in [4.78, 5) is 14.2. The van der Waals surface area contributed by atoms with E-state index in [9.17, 15) is 4.79 Å². The van der Waals surface area contributed by atoms with Gasteiger partial charge in [-0.2, -0.15) is 0 Å². The molecule has 1 amide bonds. The molecule has 0 radical (unpaired) electrons. The largest absolute Gasteiger partial charge is 0.335 e. The van der Waals surface area contributed by atoms with Gasteiger partial charge in [-0.15, -0.1) is 11.6 Å². The van der Waals surface area contributed by atoms with Gasteiger partial charge in [-0.3, -0.25) is 4.79 Å². The molecule has 0 aromatic heterocycles. The molecule has 0 aliphatic carbocycles. The van der Waals surface area contributed by atoms with E-state index >= 15 is 0 Å². The Bertz CT molecular complexity index is 489. The zero-order chi connectivity index (χ0) is 16.7. The molecule has 1 aromatic rings. The molecule has 2 nitrogen and oxygen atoms in total. The fourth-order valence-corrected chi connectivity index (χ4v) is 2.29. The van der Waals surface area contributed by atoms with Crippen LogP contribution in [0.1, 0.15) is 51.7 Å². The summed E-state index contributed by atoms with van der Waals surface area (Å²) in [7, 11) is 0. The SMILES string of the molecule is CC(Cl)/C=C/C(=O)N(Cc1ccc(C(C)C)cc1)CC(C)C. The lowest BCUT2D eigenvalue weighted by Crippen LogP contribution is -2.32. The van der Waals surface area contributed by atoms with Crippen LogP contribution in [0.3, 0.4) is 0 Å². The van der Waals surface area contributed by atoms with Crippen LogP contribution in [0.4, 0.5) is 0 Å². The van der Waals surface area contributed by atoms with Crippen molar-refractivity contribution in [2.75, 3.05) is 6.54 Å². The average Bonchev–Trinajstić information content (AvgIpc) is 2.44. The highest BCUT2D eigenvalue weighted by molar-refractivity contribution is 6.21. The van der Waals surface area contributed by atoms with Gasteiger partial charge in [0, 0.05) is 24.5 Å². The first-order valence-corrected chi connectivity index (χ1v) is 8.43. The standard InChI is InChI=1S/C19H28ClNO/c1-14(2)12-21(19(22)11-6-16(5)20)13-17-7-9-18(10-8-17)15(3)4/h6-11,14-16H,12-13H2,1-5H3/b11-6+. The molecule has 0 spiro atoms. The first-order chi connectivity index (χ1) is 10.3. The molecule has 1 unspecified atom stereocenters. The highest BCUT2D eigenvalue weighted by Gasteiger charge is 2.13. The Morgan fingerprint density at radius 2 is 1.73 bits per heavy atom. The zero-order valence-corrected chi connectivity index (χ0v) is 15.1. The van der Waals surface area contributed by atoms with E-state index in [1.165, 1.54) is 5.56 Å². The Kier molecular flexibility index (Phi) is 7.67. The summed E-state index contributed by atoms with van der Waals surface area (Å²) in [6.07, 6.45) is 3.32. The van der Waals surface area contributed by atoms with Gasteiger partial charge in [0.25, 0.3) is 0 Å². The van der Waals surface area contributed by atoms with Crippen molar-refractivity contribution in [3.05, 3.63) is 47.5 Å². The van der Waals surface area contributed by atoms with E-state index in [1.807, 2.05) is 11.8 Å². The van der Waals surface area contributed by atoms with Crippen LogP contribution in [0.25, 0.3) is 0 Å². The van der Waals surface area contributed by atoms with Gasteiger partial charge in [0.1, 0.15) is 0 Å². The maximum Gasteiger partial charge on any atom is 0.246 e. The molecule has 122 valence electrons. The zero-order valence-electron chi connectivity index (χ0n) is 14.3. The predicted molar refractivity (Wildman–Crippen MR) is 95.2 cm³/mol. The number of benzene rings is 1. The van der Waals surface area contributed by atoms with Crippen molar-refractivity contribution in [1.82, 2.24) is 4.90 Å². The maximum absolute atomic E-state index is 12.3. The fourth-order valence-electron chi connectivity index (χ4n) is 2.22. The number of allylic oxidation sites excluding steroid dienone is 1. The maximum atomic E-state index is 12.3. The summed E-state index contributed by atoms with van der Waals surface area (Å²) in [6, 6.07) is 8.52. The van der Waals surface area contributed by atoms with Gasteiger partial charge >= 0.3 is 0 Å². The number of hydrogen-bond acceptors (Lipinski definition) is 1. The molecule has 1 aromatic carbocycles. The lowest BCUT2D eigenvalue weighted by Gasteiger charge is -2.24. The molecular formula is C19H28ClNO. The van der Waals surface area contributed by atoms with Crippen LogP contribution >= 0.6 is 11.6 Å². The predicted octanol–water partition coefficient (Wildman–Crippen LogP) is 4.98. The number of rotatable bonds is 7. The Morgan fingerprint density at radius 3 is 2.18 bits per heavy atom. The van der Waals surface area contributed by atoms with Gasteiger partial charge in [0.05, 0.1) is 0 Å². The third-order valence-electron chi connectivity index (χ3n) is 3.42. The molecule has 1 atom stereocenters. The highest BCUT2D eigenvalue weighted by atomic mass is 35.5. The number of amides is 1. The molecule has 0 saturated heterocycles. The van der Waals surface area contributed by atoms with Crippen molar-refractivity contribution >= 4 is 17.5 Å². The van der Waals surface area contributed by atoms with Crippen molar-refractivity contribution in [2.45, 2.75) is 52.5 Å². The van der Waals surface area contributed by atoms with Gasteiger partial charge < -0.3 is 4.90 Å². The van der Waals surface area contributed by atoms with Crippen LogP contribution in [0.5, 0.6) is 0 Å². The Balaban J connectivity index is 2.82. The molecule has 22 heavy (non-hydrogen) atoms. The van der Waals surface area contributed by atoms with Gasteiger partial charge in [-0.25, -0.2) is 0 Å². The molecule has 3 heteroatoms. The number of carbonyl (C=O) groups excluding carboxylic acids is 1. The lowest BCUT2D eigenvalue weighted by molar-refractivity contribution is -0.127. The summed E-state index contributed by atoms with van der Waals surface area (Å²) in [6.45, 7) is 11.8. The van der Waals surface area contributed by atoms with E-state index in [-0.39, 0.29) is 11.3 Å². The minimum atomic E-state index is -0.129. The van der Waals surface area contributed by atoms with E-state index in [0.717, 1.165) is 12.1 Å². The van der Waals surface area contributed by atoms with Crippen LogP contribution in [0, 0.1) is 5.92 Å². The van der Waals surface area contributed by atoms with Crippen LogP contribution in [0.2, 0.25) is 0 Å². The summed E-state index contributed by atoms with van der Waals surface area (Å²) in [5, 5.41) is -0.129. The first kappa shape index (κ1) is 18.8. The van der Waals surface area contributed by atoms with E-state index in [0.29, 0.717) is 18.4 Å². The molecule has 1 rings (SSSR count). The van der Waals surface area contributed by atoms with Crippen molar-refractivity contribution in [3.8, 4) is 0 Å². The van der Waals surface area contributed by atoms with Gasteiger partial charge in [0.15, 0.2) is 0 Å². The summed E-state index contributed by atoms with van der Waals surface area (Å²) in [5.74, 6) is 0.977. The van der Waals surface area contributed by atoms with Crippen LogP contribution in [0.15, 0.2) is 36.4 Å². The van der Waals surface area contributed by atoms with Gasteiger partial charge in [-0.05, 0) is 29.9 Å². The molecule has 0 heterocycles. The number of alkyl halides is 1. The van der Waals surface area contributed by atoms with Crippen molar-refractivity contribution in [2.24, 2.45) is 5.92 Å². The van der Waals surface area contributed by atoms with E-state index in [1.54, 1.807) is 12.2 Å². The Hall–Kier alpha value is -1.28. The molecule has 0 fully saturated rings. The minimum absolute atomic E-state index is 0.0223. The average molecular weight is 322 g/mol. The van der Waals surface area contributed by atoms with Crippen molar-refractivity contribution in [1.29, 1.82) is 0 Å². The quantitative estimate of drug-likeness (QED) is 0.512. The molecule has 0 bridgehead atoms. The topological polar surface area (TPSA) is 20.3 Å². The molecule has 0 saturated carbocycles. The Labute approximate surface area is 140 Å². The van der Waals surface area contributed by atoms with Gasteiger partial charge in [-0.1, -0.05) is 58.0 Å². The van der Waals surface area contributed by atoms with E-state index < -0.39 is 0 Å². The van der Waals surface area contributed by atoms with Crippen molar-refractivity contribution in [3.63, 3.8) is 0 Å². The van der Waals surface area contributed by atoms with Crippen molar-refractivity contribution < 1.29 is 4.79 Å². The number of nitrogens with zero attached hydrogens (tertiary/aromatic N) is 1. The summed E-state index contributed by atoms with van der Waals surface area (Å²) in [5.41, 5.74) is 2.48. The second kappa shape index (κ2) is 8.99. The normalized spacial score (nSPS) is 13.1. The number of hydrogen-bond donors (Lipinski definition) is 0. The van der Waals surface area contributed by atoms with Crippen LogP contribution in [-0.2, 0) is 11.3 Å².